The van der Waals surface area contributed by atoms with E-state index < -0.39 is 0 Å². The van der Waals surface area contributed by atoms with Crippen LogP contribution in [0, 0.1) is 0 Å². The summed E-state index contributed by atoms with van der Waals surface area (Å²) in [4.78, 5) is 2.56. The average molecular weight is 345 g/mol. The maximum atomic E-state index is 3.67. The summed E-state index contributed by atoms with van der Waals surface area (Å²) in [5.74, 6) is 0. The van der Waals surface area contributed by atoms with Crippen molar-refractivity contribution in [2.75, 3.05) is 19.6 Å². The Morgan fingerprint density at radius 2 is 1.81 bits per heavy atom. The number of hydrogen-bond acceptors (Lipinski definition) is 2. The lowest BCUT2D eigenvalue weighted by atomic mass is 10.1. The van der Waals surface area contributed by atoms with E-state index in [4.69, 9.17) is 0 Å². The lowest BCUT2D eigenvalue weighted by molar-refractivity contribution is 0.261. The molecule has 2 aromatic carbocycles. The van der Waals surface area contributed by atoms with Crippen molar-refractivity contribution in [1.29, 1.82) is 0 Å². The van der Waals surface area contributed by atoms with Gasteiger partial charge in [0.1, 0.15) is 0 Å². The second-order valence-corrected chi connectivity index (χ2v) is 6.55. The molecule has 2 aromatic rings. The third-order valence-electron chi connectivity index (χ3n) is 4.00. The fourth-order valence-electron chi connectivity index (χ4n) is 2.89. The number of hydrogen-bond donors (Lipinski definition) is 1. The quantitative estimate of drug-likeness (QED) is 0.905. The first-order chi connectivity index (χ1) is 10.3. The van der Waals surface area contributed by atoms with E-state index in [0.717, 1.165) is 30.7 Å². The zero-order chi connectivity index (χ0) is 14.5. The third-order valence-corrected chi connectivity index (χ3v) is 4.53. The van der Waals surface area contributed by atoms with Gasteiger partial charge in [-0.1, -0.05) is 58.4 Å². The normalized spacial score (nSPS) is 20.1. The molecule has 3 rings (SSSR count). The van der Waals surface area contributed by atoms with Crippen LogP contribution in [0.15, 0.2) is 59.1 Å². The molecule has 110 valence electrons. The Morgan fingerprint density at radius 3 is 2.57 bits per heavy atom. The molecule has 0 amide bonds. The van der Waals surface area contributed by atoms with Crippen molar-refractivity contribution in [2.24, 2.45) is 0 Å². The van der Waals surface area contributed by atoms with Crippen molar-refractivity contribution in [3.63, 3.8) is 0 Å². The molecule has 1 heterocycles. The van der Waals surface area contributed by atoms with Crippen molar-refractivity contribution in [3.05, 3.63) is 70.2 Å². The Bertz CT molecular complexity index is 553. The Morgan fingerprint density at radius 1 is 1.05 bits per heavy atom. The van der Waals surface area contributed by atoms with Crippen LogP contribution >= 0.6 is 15.9 Å². The van der Waals surface area contributed by atoms with Gasteiger partial charge in [-0.3, -0.25) is 4.90 Å². The maximum absolute atomic E-state index is 3.67. The number of rotatable bonds is 3. The Balaban J connectivity index is 1.69. The fourth-order valence-corrected chi connectivity index (χ4v) is 3.16. The summed E-state index contributed by atoms with van der Waals surface area (Å²) in [5, 5.41) is 3.67. The van der Waals surface area contributed by atoms with Gasteiger partial charge in [-0.25, -0.2) is 0 Å². The molecule has 0 aromatic heterocycles. The first-order valence-corrected chi connectivity index (χ1v) is 8.36. The Labute approximate surface area is 135 Å². The standard InChI is InChI=1S/C18H21BrN2/c19-17-9-7-15(8-10-17)13-21-12-4-11-20-18(14-21)16-5-2-1-3-6-16/h1-3,5-10,18,20H,4,11-14H2. The summed E-state index contributed by atoms with van der Waals surface area (Å²) in [5.41, 5.74) is 2.77. The van der Waals surface area contributed by atoms with Gasteiger partial charge in [0.15, 0.2) is 0 Å². The Kier molecular flexibility index (Phi) is 5.07. The monoisotopic (exact) mass is 344 g/mol. The number of nitrogens with one attached hydrogen (secondary N) is 1. The first-order valence-electron chi connectivity index (χ1n) is 7.56. The van der Waals surface area contributed by atoms with Gasteiger partial charge in [0, 0.05) is 23.6 Å². The van der Waals surface area contributed by atoms with Crippen LogP contribution in [0.25, 0.3) is 0 Å². The van der Waals surface area contributed by atoms with Crippen LogP contribution in [0.2, 0.25) is 0 Å². The van der Waals surface area contributed by atoms with Gasteiger partial charge in [0.05, 0.1) is 0 Å². The lowest BCUT2D eigenvalue weighted by Gasteiger charge is -2.24. The molecule has 1 saturated heterocycles. The van der Waals surface area contributed by atoms with Crippen molar-refractivity contribution in [2.45, 2.75) is 19.0 Å². The van der Waals surface area contributed by atoms with Crippen molar-refractivity contribution >= 4 is 15.9 Å². The minimum atomic E-state index is 0.434. The van der Waals surface area contributed by atoms with Crippen molar-refractivity contribution in [1.82, 2.24) is 10.2 Å². The molecule has 0 saturated carbocycles. The molecule has 2 nitrogen and oxygen atoms in total. The summed E-state index contributed by atoms with van der Waals surface area (Å²) >= 11 is 3.50. The predicted octanol–water partition coefficient (Wildman–Crippen LogP) is 3.99. The summed E-state index contributed by atoms with van der Waals surface area (Å²) in [6.45, 7) is 4.35. The Hall–Kier alpha value is -1.16. The third kappa shape index (κ3) is 4.16. The summed E-state index contributed by atoms with van der Waals surface area (Å²) in [7, 11) is 0. The van der Waals surface area contributed by atoms with Crippen LogP contribution in [-0.2, 0) is 6.54 Å². The average Bonchev–Trinajstić information content (AvgIpc) is 2.76. The minimum Gasteiger partial charge on any atom is -0.309 e. The van der Waals surface area contributed by atoms with Crippen molar-refractivity contribution in [3.8, 4) is 0 Å². The molecule has 1 N–H and O–H groups in total. The molecule has 1 atom stereocenters. The maximum Gasteiger partial charge on any atom is 0.0449 e. The highest BCUT2D eigenvalue weighted by Gasteiger charge is 2.18. The van der Waals surface area contributed by atoms with Gasteiger partial charge in [-0.15, -0.1) is 0 Å². The highest BCUT2D eigenvalue weighted by Crippen LogP contribution is 2.19. The topological polar surface area (TPSA) is 15.3 Å². The summed E-state index contributed by atoms with van der Waals surface area (Å²) < 4.78 is 1.14. The number of nitrogens with zero attached hydrogens (tertiary/aromatic N) is 1. The van der Waals surface area contributed by atoms with E-state index >= 15 is 0 Å². The van der Waals surface area contributed by atoms with E-state index in [1.807, 2.05) is 0 Å². The van der Waals surface area contributed by atoms with Crippen LogP contribution in [0.1, 0.15) is 23.6 Å². The lowest BCUT2D eigenvalue weighted by Crippen LogP contribution is -2.31. The highest BCUT2D eigenvalue weighted by atomic mass is 79.9. The molecule has 1 fully saturated rings. The predicted molar refractivity (Wildman–Crippen MR) is 91.2 cm³/mol. The number of benzene rings is 2. The van der Waals surface area contributed by atoms with Gasteiger partial charge < -0.3 is 5.32 Å². The van der Waals surface area contributed by atoms with Crippen LogP contribution in [0.3, 0.4) is 0 Å². The van der Waals surface area contributed by atoms with Crippen LogP contribution in [-0.4, -0.2) is 24.5 Å². The van der Waals surface area contributed by atoms with Gasteiger partial charge in [0.25, 0.3) is 0 Å². The van der Waals surface area contributed by atoms with E-state index in [1.54, 1.807) is 0 Å². The molecule has 0 bridgehead atoms. The van der Waals surface area contributed by atoms with E-state index in [-0.39, 0.29) is 0 Å². The minimum absolute atomic E-state index is 0.434. The largest absolute Gasteiger partial charge is 0.309 e. The molecule has 0 aliphatic carbocycles. The molecule has 1 aliphatic heterocycles. The highest BCUT2D eigenvalue weighted by molar-refractivity contribution is 9.10. The zero-order valence-electron chi connectivity index (χ0n) is 12.1. The van der Waals surface area contributed by atoms with Crippen LogP contribution in [0.5, 0.6) is 0 Å². The van der Waals surface area contributed by atoms with Crippen LogP contribution < -0.4 is 5.32 Å². The molecule has 1 aliphatic rings. The first kappa shape index (κ1) is 14.8. The zero-order valence-corrected chi connectivity index (χ0v) is 13.7. The molecule has 0 spiro atoms. The van der Waals surface area contributed by atoms with E-state index in [1.165, 1.54) is 17.5 Å². The van der Waals surface area contributed by atoms with Gasteiger partial charge >= 0.3 is 0 Å². The molecular weight excluding hydrogens is 324 g/mol. The molecule has 0 radical (unpaired) electrons. The van der Waals surface area contributed by atoms with Gasteiger partial charge in [-0.2, -0.15) is 0 Å². The second kappa shape index (κ2) is 7.21. The van der Waals surface area contributed by atoms with Crippen LogP contribution in [0.4, 0.5) is 0 Å². The van der Waals surface area contributed by atoms with Gasteiger partial charge in [-0.05, 0) is 42.8 Å². The number of halogens is 1. The smallest absolute Gasteiger partial charge is 0.0449 e. The SMILES string of the molecule is Brc1ccc(CN2CCCNC(c3ccccc3)C2)cc1. The molecule has 1 unspecified atom stereocenters. The molecule has 21 heavy (non-hydrogen) atoms. The fraction of sp³-hybridized carbons (Fsp3) is 0.333. The molecular formula is C18H21BrN2. The second-order valence-electron chi connectivity index (χ2n) is 5.63. The summed E-state index contributed by atoms with van der Waals surface area (Å²) in [6, 6.07) is 19.9. The van der Waals surface area contributed by atoms with E-state index in [2.05, 4.69) is 80.7 Å². The van der Waals surface area contributed by atoms with E-state index in [0.29, 0.717) is 6.04 Å². The van der Waals surface area contributed by atoms with E-state index in [9.17, 15) is 0 Å². The summed E-state index contributed by atoms with van der Waals surface area (Å²) in [6.07, 6.45) is 1.21. The van der Waals surface area contributed by atoms with Crippen molar-refractivity contribution < 1.29 is 0 Å². The van der Waals surface area contributed by atoms with Gasteiger partial charge in [0.2, 0.25) is 0 Å². The molecule has 3 heteroatoms.